The lowest BCUT2D eigenvalue weighted by Crippen LogP contribution is -2.46. The second kappa shape index (κ2) is 5.82. The Hall–Kier alpha value is -2.55. The molecule has 0 radical (unpaired) electrons. The molecule has 2 N–H and O–H groups in total. The summed E-state index contributed by atoms with van der Waals surface area (Å²) in [6.07, 6.45) is 3.69. The average Bonchev–Trinajstić information content (AvgIpc) is 3.22. The Kier molecular flexibility index (Phi) is 3.64. The number of thiophene rings is 1. The predicted molar refractivity (Wildman–Crippen MR) is 87.5 cm³/mol. The molecule has 1 atom stereocenters. The van der Waals surface area contributed by atoms with Gasteiger partial charge in [0.1, 0.15) is 17.2 Å². The van der Waals surface area contributed by atoms with Gasteiger partial charge in [0.15, 0.2) is 5.75 Å². The van der Waals surface area contributed by atoms with Crippen molar-refractivity contribution in [1.29, 1.82) is 0 Å². The molecule has 1 unspecified atom stereocenters. The molecule has 0 spiro atoms. The first kappa shape index (κ1) is 15.0. The monoisotopic (exact) mass is 348 g/mol. The van der Waals surface area contributed by atoms with Crippen LogP contribution in [-0.2, 0) is 9.53 Å². The molecule has 2 aromatic heterocycles. The number of nitrogens with one attached hydrogen (secondary N) is 2. The smallest absolute Gasteiger partial charge is 0.307 e. The van der Waals surface area contributed by atoms with Crippen molar-refractivity contribution in [3.05, 3.63) is 17.3 Å². The molecule has 2 aliphatic rings. The summed E-state index contributed by atoms with van der Waals surface area (Å²) >= 11 is 1.38. The van der Waals surface area contributed by atoms with Crippen LogP contribution in [0.5, 0.6) is 5.75 Å². The number of aromatic nitrogens is 2. The fraction of sp³-hybridized carbons (Fsp3) is 0.400. The first-order valence-corrected chi connectivity index (χ1v) is 8.41. The molecule has 126 valence electrons. The van der Waals surface area contributed by atoms with Gasteiger partial charge in [-0.15, -0.1) is 11.3 Å². The first-order chi connectivity index (χ1) is 11.7. The molecule has 8 nitrogen and oxygen atoms in total. The Morgan fingerprint density at radius 3 is 3.17 bits per heavy atom. The predicted octanol–water partition coefficient (Wildman–Crippen LogP) is 1.01. The lowest BCUT2D eigenvalue weighted by molar-refractivity contribution is -0.141. The van der Waals surface area contributed by atoms with E-state index in [1.807, 2.05) is 0 Å². The van der Waals surface area contributed by atoms with E-state index in [9.17, 15) is 9.59 Å². The van der Waals surface area contributed by atoms with E-state index in [1.165, 1.54) is 18.4 Å². The third-order valence-electron chi connectivity index (χ3n) is 4.24. The molecule has 0 saturated heterocycles. The Morgan fingerprint density at radius 1 is 1.54 bits per heavy atom. The molecule has 1 amide bonds. The second-order valence-electron chi connectivity index (χ2n) is 5.61. The van der Waals surface area contributed by atoms with Gasteiger partial charge < -0.3 is 19.7 Å². The van der Waals surface area contributed by atoms with E-state index < -0.39 is 0 Å². The summed E-state index contributed by atoms with van der Waals surface area (Å²) < 4.78 is 10.7. The number of rotatable bonds is 3. The lowest BCUT2D eigenvalue weighted by Gasteiger charge is -2.35. The van der Waals surface area contributed by atoms with Crippen LogP contribution < -0.4 is 15.0 Å². The Bertz CT molecular complexity index is 786. The van der Waals surface area contributed by atoms with Gasteiger partial charge in [0.25, 0.3) is 5.91 Å². The summed E-state index contributed by atoms with van der Waals surface area (Å²) in [4.78, 5) is 27.8. The highest BCUT2D eigenvalue weighted by Crippen LogP contribution is 2.50. The van der Waals surface area contributed by atoms with Crippen LogP contribution >= 0.6 is 11.3 Å². The van der Waals surface area contributed by atoms with Gasteiger partial charge in [0.2, 0.25) is 0 Å². The van der Waals surface area contributed by atoms with Crippen molar-refractivity contribution in [3.63, 3.8) is 0 Å². The highest BCUT2D eigenvalue weighted by Gasteiger charge is 2.38. The number of hydrogen-bond acceptors (Lipinski definition) is 7. The van der Waals surface area contributed by atoms with E-state index >= 15 is 0 Å². The number of anilines is 1. The van der Waals surface area contributed by atoms with Crippen molar-refractivity contribution in [1.82, 2.24) is 15.5 Å². The van der Waals surface area contributed by atoms with Crippen molar-refractivity contribution in [2.24, 2.45) is 0 Å². The van der Waals surface area contributed by atoms with Crippen molar-refractivity contribution < 1.29 is 19.1 Å². The van der Waals surface area contributed by atoms with E-state index in [0.29, 0.717) is 30.3 Å². The topological polar surface area (TPSA) is 96.5 Å². The Labute approximate surface area is 141 Å². The highest BCUT2D eigenvalue weighted by atomic mass is 32.1. The summed E-state index contributed by atoms with van der Waals surface area (Å²) in [6.45, 7) is 1.52. The number of carbonyl (C=O) groups excluding carboxylic acids is 2. The molecule has 0 aromatic carbocycles. The number of H-pyrrole nitrogens is 1. The van der Waals surface area contributed by atoms with Crippen molar-refractivity contribution in [3.8, 4) is 16.2 Å². The zero-order valence-corrected chi connectivity index (χ0v) is 13.8. The van der Waals surface area contributed by atoms with Gasteiger partial charge in [-0.2, -0.15) is 5.10 Å². The number of ether oxygens (including phenoxy) is 2. The van der Waals surface area contributed by atoms with Crippen LogP contribution in [0.25, 0.3) is 10.4 Å². The van der Waals surface area contributed by atoms with Crippen LogP contribution in [0.4, 0.5) is 5.69 Å². The molecule has 9 heteroatoms. The SMILES string of the molecule is COC(=O)CC1CNC(=O)c2sc(-c3cn[nH]c3)c3c2N1CCO3. The Balaban J connectivity index is 1.81. The molecule has 4 heterocycles. The minimum atomic E-state index is -0.295. The van der Waals surface area contributed by atoms with Crippen molar-refractivity contribution in [2.45, 2.75) is 12.5 Å². The number of methoxy groups -OCH3 is 1. The van der Waals surface area contributed by atoms with E-state index in [1.54, 1.807) is 12.4 Å². The van der Waals surface area contributed by atoms with Crippen LogP contribution in [0.15, 0.2) is 12.4 Å². The summed E-state index contributed by atoms with van der Waals surface area (Å²) in [6, 6.07) is -0.155. The molecule has 2 aliphatic heterocycles. The molecule has 0 bridgehead atoms. The van der Waals surface area contributed by atoms with Crippen LogP contribution in [0.3, 0.4) is 0 Å². The maximum Gasteiger partial charge on any atom is 0.307 e. The summed E-state index contributed by atoms with van der Waals surface area (Å²) in [5.41, 5.74) is 1.65. The van der Waals surface area contributed by atoms with Gasteiger partial charge in [0, 0.05) is 18.3 Å². The normalized spacial score (nSPS) is 19.1. The van der Waals surface area contributed by atoms with Crippen LogP contribution in [0, 0.1) is 0 Å². The fourth-order valence-corrected chi connectivity index (χ4v) is 4.26. The molecule has 2 aromatic rings. The van der Waals surface area contributed by atoms with E-state index in [-0.39, 0.29) is 24.3 Å². The van der Waals surface area contributed by atoms with Gasteiger partial charge in [-0.05, 0) is 0 Å². The average molecular weight is 348 g/mol. The molecule has 24 heavy (non-hydrogen) atoms. The number of hydrogen-bond donors (Lipinski definition) is 2. The number of nitrogens with zero attached hydrogens (tertiary/aromatic N) is 2. The largest absolute Gasteiger partial charge is 0.488 e. The zero-order valence-electron chi connectivity index (χ0n) is 13.0. The van der Waals surface area contributed by atoms with E-state index in [4.69, 9.17) is 9.47 Å². The summed E-state index contributed by atoms with van der Waals surface area (Å²) in [5, 5.41) is 9.65. The highest BCUT2D eigenvalue weighted by molar-refractivity contribution is 7.18. The third-order valence-corrected chi connectivity index (χ3v) is 5.45. The lowest BCUT2D eigenvalue weighted by atomic mass is 10.1. The Morgan fingerprint density at radius 2 is 2.42 bits per heavy atom. The quantitative estimate of drug-likeness (QED) is 0.804. The molecule has 4 rings (SSSR count). The van der Waals surface area contributed by atoms with Crippen molar-refractivity contribution in [2.75, 3.05) is 31.7 Å². The van der Waals surface area contributed by atoms with Gasteiger partial charge in [-0.1, -0.05) is 0 Å². The number of esters is 1. The van der Waals surface area contributed by atoms with Gasteiger partial charge in [-0.3, -0.25) is 14.7 Å². The molecule has 0 fully saturated rings. The zero-order chi connectivity index (χ0) is 16.7. The number of aromatic amines is 1. The van der Waals surface area contributed by atoms with E-state index in [2.05, 4.69) is 20.4 Å². The van der Waals surface area contributed by atoms with Crippen molar-refractivity contribution >= 4 is 28.9 Å². The minimum Gasteiger partial charge on any atom is -0.488 e. The van der Waals surface area contributed by atoms with Crippen LogP contribution in [-0.4, -0.2) is 54.9 Å². The fourth-order valence-electron chi connectivity index (χ4n) is 3.10. The third kappa shape index (κ3) is 2.32. The molecule has 0 saturated carbocycles. The maximum atomic E-state index is 12.5. The van der Waals surface area contributed by atoms with Crippen LogP contribution in [0.2, 0.25) is 0 Å². The molecular formula is C15H16N4O4S. The minimum absolute atomic E-state index is 0.145. The van der Waals surface area contributed by atoms with Gasteiger partial charge in [-0.25, -0.2) is 0 Å². The first-order valence-electron chi connectivity index (χ1n) is 7.59. The number of amides is 1. The van der Waals surface area contributed by atoms with Gasteiger partial charge >= 0.3 is 5.97 Å². The standard InChI is InChI=1S/C15H16N4O4S/c1-22-10(20)4-9-7-16-15(21)14-11-12(23-3-2-19(9)11)13(24-14)8-5-17-18-6-8/h5-6,9H,2-4,7H2,1H3,(H,16,21)(H,17,18). The summed E-state index contributed by atoms with van der Waals surface area (Å²) in [5.74, 6) is 0.249. The molecule has 0 aliphatic carbocycles. The van der Waals surface area contributed by atoms with Crippen LogP contribution in [0.1, 0.15) is 16.1 Å². The molecular weight excluding hydrogens is 332 g/mol. The number of carbonyl (C=O) groups is 2. The van der Waals surface area contributed by atoms with Gasteiger partial charge in [0.05, 0.1) is 37.2 Å². The maximum absolute atomic E-state index is 12.5. The second-order valence-corrected chi connectivity index (χ2v) is 6.63. The van der Waals surface area contributed by atoms with E-state index in [0.717, 1.165) is 16.1 Å². The summed E-state index contributed by atoms with van der Waals surface area (Å²) in [7, 11) is 1.37.